The zero-order chi connectivity index (χ0) is 21.9. The molecule has 2 saturated heterocycles. The smallest absolute Gasteiger partial charge is 0.345 e. The maximum Gasteiger partial charge on any atom is 0.345 e. The summed E-state index contributed by atoms with van der Waals surface area (Å²) in [5.41, 5.74) is -0.752. The Hall–Kier alpha value is -1.93. The quantitative estimate of drug-likeness (QED) is 0.655. The van der Waals surface area contributed by atoms with E-state index >= 15 is 0 Å². The standard InChI is InChI=1S/C22H33N3O4S/c1-4-5-10-25-19(26)17(13-15(2)3)23-21(29)22(25)8-11-24(12-9-22)14-16-6-7-18(30-16)20(27)28/h6-7,15,17H,4-5,8-14H2,1-3H3,(H,23,29)(H,27,28). The summed E-state index contributed by atoms with van der Waals surface area (Å²) in [5, 5.41) is 12.1. The lowest BCUT2D eigenvalue weighted by Gasteiger charge is -2.52. The third-order valence-electron chi connectivity index (χ3n) is 6.19. The molecule has 166 valence electrons. The van der Waals surface area contributed by atoms with Crippen LogP contribution in [0, 0.1) is 5.92 Å². The minimum absolute atomic E-state index is 0.00668. The van der Waals surface area contributed by atoms with E-state index in [1.165, 1.54) is 11.3 Å². The van der Waals surface area contributed by atoms with Crippen LogP contribution >= 0.6 is 11.3 Å². The summed E-state index contributed by atoms with van der Waals surface area (Å²) in [6.45, 7) is 8.95. The molecule has 8 heteroatoms. The van der Waals surface area contributed by atoms with Crippen molar-refractivity contribution in [2.24, 2.45) is 5.92 Å². The normalized spacial score (nSPS) is 22.0. The van der Waals surface area contributed by atoms with Crippen molar-refractivity contribution in [3.8, 4) is 0 Å². The second-order valence-electron chi connectivity index (χ2n) is 8.88. The number of hydrogen-bond donors (Lipinski definition) is 2. The molecule has 2 fully saturated rings. The number of hydrogen-bond acceptors (Lipinski definition) is 5. The fourth-order valence-corrected chi connectivity index (χ4v) is 5.41. The van der Waals surface area contributed by atoms with E-state index in [0.717, 1.165) is 17.7 Å². The highest BCUT2D eigenvalue weighted by Crippen LogP contribution is 2.35. The average Bonchev–Trinajstić information content (AvgIpc) is 3.16. The predicted molar refractivity (Wildman–Crippen MR) is 117 cm³/mol. The number of amides is 2. The van der Waals surface area contributed by atoms with Crippen molar-refractivity contribution in [1.82, 2.24) is 15.1 Å². The van der Waals surface area contributed by atoms with Crippen LogP contribution in [-0.2, 0) is 16.1 Å². The molecule has 0 aromatic carbocycles. The van der Waals surface area contributed by atoms with Gasteiger partial charge in [0.2, 0.25) is 11.8 Å². The van der Waals surface area contributed by atoms with Gasteiger partial charge in [-0.25, -0.2) is 4.79 Å². The van der Waals surface area contributed by atoms with Gasteiger partial charge in [0.05, 0.1) is 0 Å². The van der Waals surface area contributed by atoms with Gasteiger partial charge in [0.15, 0.2) is 0 Å². The lowest BCUT2D eigenvalue weighted by Crippen LogP contribution is -2.73. The molecule has 0 saturated carbocycles. The molecule has 0 aliphatic carbocycles. The van der Waals surface area contributed by atoms with Gasteiger partial charge in [0.25, 0.3) is 0 Å². The van der Waals surface area contributed by atoms with Gasteiger partial charge >= 0.3 is 5.97 Å². The van der Waals surface area contributed by atoms with Crippen LogP contribution in [0.3, 0.4) is 0 Å². The first-order valence-corrected chi connectivity index (χ1v) is 11.7. The summed E-state index contributed by atoms with van der Waals surface area (Å²) in [6.07, 6.45) is 3.76. The first-order chi connectivity index (χ1) is 14.3. The van der Waals surface area contributed by atoms with E-state index in [0.29, 0.717) is 56.2 Å². The Bertz CT molecular complexity index is 783. The molecule has 0 bridgehead atoms. The van der Waals surface area contributed by atoms with E-state index in [9.17, 15) is 14.4 Å². The van der Waals surface area contributed by atoms with E-state index in [1.807, 2.05) is 11.0 Å². The predicted octanol–water partition coefficient (Wildman–Crippen LogP) is 2.95. The maximum atomic E-state index is 13.3. The SMILES string of the molecule is CCCCN1C(=O)C(CC(C)C)NC(=O)C12CCN(Cc1ccc(C(=O)O)s1)CC2. The van der Waals surface area contributed by atoms with Crippen LogP contribution in [0.5, 0.6) is 0 Å². The Balaban J connectivity index is 1.71. The second kappa shape index (κ2) is 9.47. The molecule has 3 heterocycles. The van der Waals surface area contributed by atoms with Crippen LogP contribution in [0.2, 0.25) is 0 Å². The molecular formula is C22H33N3O4S. The van der Waals surface area contributed by atoms with Crippen LogP contribution in [-0.4, -0.2) is 63.9 Å². The van der Waals surface area contributed by atoms with Crippen LogP contribution in [0.15, 0.2) is 12.1 Å². The Kier molecular flexibility index (Phi) is 7.18. The molecule has 2 aliphatic heterocycles. The van der Waals surface area contributed by atoms with Gasteiger partial charge in [-0.1, -0.05) is 27.2 Å². The maximum absolute atomic E-state index is 13.3. The number of aromatic carboxylic acids is 1. The summed E-state index contributed by atoms with van der Waals surface area (Å²) >= 11 is 1.30. The number of rotatable bonds is 8. The number of thiophene rings is 1. The lowest BCUT2D eigenvalue weighted by atomic mass is 9.80. The van der Waals surface area contributed by atoms with Gasteiger partial charge in [0, 0.05) is 31.1 Å². The van der Waals surface area contributed by atoms with Gasteiger partial charge in [-0.2, -0.15) is 0 Å². The van der Waals surface area contributed by atoms with Gasteiger partial charge in [-0.05, 0) is 43.7 Å². The Morgan fingerprint density at radius 2 is 2.00 bits per heavy atom. The number of carboxylic acid groups (broad SMARTS) is 1. The number of carbonyl (C=O) groups excluding carboxylic acids is 2. The third kappa shape index (κ3) is 4.70. The minimum atomic E-state index is -0.899. The highest BCUT2D eigenvalue weighted by molar-refractivity contribution is 7.13. The molecule has 1 spiro atoms. The molecule has 3 rings (SSSR count). The molecule has 7 nitrogen and oxygen atoms in total. The monoisotopic (exact) mass is 435 g/mol. The highest BCUT2D eigenvalue weighted by Gasteiger charge is 2.53. The summed E-state index contributed by atoms with van der Waals surface area (Å²) in [5.74, 6) is -0.504. The van der Waals surface area contributed by atoms with Crippen molar-refractivity contribution >= 4 is 29.1 Å². The third-order valence-corrected chi connectivity index (χ3v) is 7.24. The number of piperazine rings is 1. The van der Waals surface area contributed by atoms with Gasteiger partial charge in [-0.15, -0.1) is 11.3 Å². The van der Waals surface area contributed by atoms with Crippen LogP contribution in [0.1, 0.15) is 67.4 Å². The van der Waals surface area contributed by atoms with Crippen molar-refractivity contribution < 1.29 is 19.5 Å². The molecule has 1 unspecified atom stereocenters. The summed E-state index contributed by atoms with van der Waals surface area (Å²) in [4.78, 5) is 43.1. The minimum Gasteiger partial charge on any atom is -0.477 e. The van der Waals surface area contributed by atoms with Crippen molar-refractivity contribution in [2.45, 2.75) is 71.0 Å². The van der Waals surface area contributed by atoms with Crippen molar-refractivity contribution in [3.05, 3.63) is 21.9 Å². The molecule has 2 aliphatic rings. The van der Waals surface area contributed by atoms with E-state index in [4.69, 9.17) is 5.11 Å². The zero-order valence-corrected chi connectivity index (χ0v) is 19.0. The number of unbranched alkanes of at least 4 members (excludes halogenated alkanes) is 1. The second-order valence-corrected chi connectivity index (χ2v) is 10.0. The Labute approximate surface area is 182 Å². The molecule has 2 amide bonds. The fraction of sp³-hybridized carbons (Fsp3) is 0.682. The topological polar surface area (TPSA) is 90.0 Å². The molecule has 1 aromatic rings. The van der Waals surface area contributed by atoms with Gasteiger partial charge < -0.3 is 15.3 Å². The Morgan fingerprint density at radius 3 is 2.57 bits per heavy atom. The van der Waals surface area contributed by atoms with E-state index in [-0.39, 0.29) is 11.8 Å². The number of likely N-dealkylation sites (tertiary alicyclic amines) is 1. The van der Waals surface area contributed by atoms with E-state index < -0.39 is 17.6 Å². The van der Waals surface area contributed by atoms with Crippen molar-refractivity contribution in [1.29, 1.82) is 0 Å². The fourth-order valence-electron chi connectivity index (χ4n) is 4.52. The average molecular weight is 436 g/mol. The first-order valence-electron chi connectivity index (χ1n) is 10.9. The van der Waals surface area contributed by atoms with Crippen LogP contribution in [0.25, 0.3) is 0 Å². The summed E-state index contributed by atoms with van der Waals surface area (Å²) in [6, 6.07) is 3.08. The molecule has 1 aromatic heterocycles. The van der Waals surface area contributed by atoms with Crippen LogP contribution < -0.4 is 5.32 Å². The van der Waals surface area contributed by atoms with Crippen molar-refractivity contribution in [3.63, 3.8) is 0 Å². The zero-order valence-electron chi connectivity index (χ0n) is 18.1. The Morgan fingerprint density at radius 1 is 1.30 bits per heavy atom. The first kappa shape index (κ1) is 22.7. The summed E-state index contributed by atoms with van der Waals surface area (Å²) < 4.78 is 0. The van der Waals surface area contributed by atoms with Gasteiger partial charge in [0.1, 0.15) is 16.5 Å². The number of carbonyl (C=O) groups is 3. The molecule has 30 heavy (non-hydrogen) atoms. The van der Waals surface area contributed by atoms with Gasteiger partial charge in [-0.3, -0.25) is 14.5 Å². The van der Waals surface area contributed by atoms with Crippen molar-refractivity contribution in [2.75, 3.05) is 19.6 Å². The molecule has 0 radical (unpaired) electrons. The van der Waals surface area contributed by atoms with Crippen LogP contribution in [0.4, 0.5) is 0 Å². The number of nitrogens with one attached hydrogen (secondary N) is 1. The lowest BCUT2D eigenvalue weighted by molar-refractivity contribution is -0.161. The summed E-state index contributed by atoms with van der Waals surface area (Å²) in [7, 11) is 0. The number of nitrogens with zero attached hydrogens (tertiary/aromatic N) is 2. The van der Waals surface area contributed by atoms with E-state index in [2.05, 4.69) is 31.0 Å². The molecule has 1 atom stereocenters. The number of piperidine rings is 1. The molecular weight excluding hydrogens is 402 g/mol. The number of carboxylic acids is 1. The van der Waals surface area contributed by atoms with E-state index in [1.54, 1.807) is 6.07 Å². The molecule has 2 N–H and O–H groups in total. The highest BCUT2D eigenvalue weighted by atomic mass is 32.1. The largest absolute Gasteiger partial charge is 0.477 e.